The summed E-state index contributed by atoms with van der Waals surface area (Å²) in [6.07, 6.45) is 2.69. The lowest BCUT2D eigenvalue weighted by molar-refractivity contribution is 0.0947. The van der Waals surface area contributed by atoms with E-state index in [1.165, 1.54) is 0 Å². The molecular formula is C45H36O5. The largest absolute Gasteiger partial charge is 0.356 e. The first kappa shape index (κ1) is 33.9. The molecule has 0 N–H and O–H groups in total. The smallest absolute Gasteiger partial charge is 0.194 e. The number of carbonyl (C=O) groups excluding carboxylic acids is 3. The molecule has 4 atom stereocenters. The molecule has 0 amide bonds. The molecule has 8 rings (SSSR count). The lowest BCUT2D eigenvalue weighted by Gasteiger charge is -1.96. The number of carbonyl (C=O) groups is 3. The minimum atomic E-state index is -0.306. The summed E-state index contributed by atoms with van der Waals surface area (Å²) in [5.41, 5.74) is 5.33. The Morgan fingerprint density at radius 2 is 0.720 bits per heavy atom. The molecule has 2 aliphatic rings. The second-order valence-electron chi connectivity index (χ2n) is 11.7. The number of hydrogen-bond acceptors (Lipinski definition) is 5. The van der Waals surface area contributed by atoms with Crippen molar-refractivity contribution in [2.45, 2.75) is 24.4 Å². The number of ketones is 3. The van der Waals surface area contributed by atoms with Gasteiger partial charge in [-0.2, -0.15) is 0 Å². The second-order valence-corrected chi connectivity index (χ2v) is 11.7. The number of Topliss-reactive ketones (excluding diaryl/α,β-unsaturated/α-hetero) is 2. The Bertz CT molecular complexity index is 1890. The van der Waals surface area contributed by atoms with Gasteiger partial charge in [0.05, 0.1) is 0 Å². The van der Waals surface area contributed by atoms with Crippen molar-refractivity contribution in [3.63, 3.8) is 0 Å². The minimum Gasteiger partial charge on any atom is -0.356 e. The van der Waals surface area contributed by atoms with E-state index in [1.54, 1.807) is 6.08 Å². The van der Waals surface area contributed by atoms with Gasteiger partial charge in [0.15, 0.2) is 29.6 Å². The molecule has 0 bridgehead atoms. The summed E-state index contributed by atoms with van der Waals surface area (Å²) < 4.78 is 10.9. The fourth-order valence-electron chi connectivity index (χ4n) is 5.38. The molecule has 5 nitrogen and oxygen atoms in total. The van der Waals surface area contributed by atoms with Crippen LogP contribution in [0.2, 0.25) is 0 Å². The molecular weight excluding hydrogens is 620 g/mol. The predicted molar refractivity (Wildman–Crippen MR) is 196 cm³/mol. The Morgan fingerprint density at radius 3 is 1.10 bits per heavy atom. The van der Waals surface area contributed by atoms with Gasteiger partial charge in [-0.15, -0.1) is 0 Å². The lowest BCUT2D eigenvalue weighted by atomic mass is 10.0. The molecule has 2 heterocycles. The number of ether oxygens (including phenoxy) is 2. The van der Waals surface area contributed by atoms with Crippen LogP contribution in [-0.4, -0.2) is 29.6 Å². The monoisotopic (exact) mass is 656 g/mol. The summed E-state index contributed by atoms with van der Waals surface area (Å²) >= 11 is 0. The van der Waals surface area contributed by atoms with Crippen molar-refractivity contribution >= 4 is 23.4 Å². The van der Waals surface area contributed by atoms with E-state index in [1.807, 2.05) is 188 Å². The fraction of sp³-hybridized carbons (Fsp3) is 0.0889. The van der Waals surface area contributed by atoms with Crippen LogP contribution in [0.3, 0.4) is 0 Å². The van der Waals surface area contributed by atoms with Crippen molar-refractivity contribution in [1.29, 1.82) is 0 Å². The molecule has 0 unspecified atom stereocenters. The van der Waals surface area contributed by atoms with E-state index in [0.29, 0.717) is 0 Å². The minimum absolute atomic E-state index is 0.0319. The number of epoxide rings is 2. The van der Waals surface area contributed by atoms with Crippen LogP contribution >= 0.6 is 0 Å². The van der Waals surface area contributed by atoms with Crippen LogP contribution in [0, 0.1) is 0 Å². The molecule has 2 saturated heterocycles. The van der Waals surface area contributed by atoms with Crippen molar-refractivity contribution in [3.05, 3.63) is 221 Å². The zero-order chi connectivity index (χ0) is 34.5. The zero-order valence-electron chi connectivity index (χ0n) is 27.3. The van der Waals surface area contributed by atoms with Crippen molar-refractivity contribution in [2.75, 3.05) is 0 Å². The fourth-order valence-corrected chi connectivity index (χ4v) is 5.38. The number of hydrogen-bond donors (Lipinski definition) is 0. The van der Waals surface area contributed by atoms with Crippen LogP contribution in [0.1, 0.15) is 60.0 Å². The number of allylic oxidation sites excluding steroid dienone is 1. The Morgan fingerprint density at radius 1 is 0.400 bits per heavy atom. The van der Waals surface area contributed by atoms with Gasteiger partial charge in [0.1, 0.15) is 12.2 Å². The van der Waals surface area contributed by atoms with Crippen molar-refractivity contribution < 1.29 is 23.9 Å². The average molecular weight is 657 g/mol. The van der Waals surface area contributed by atoms with Crippen molar-refractivity contribution in [3.8, 4) is 0 Å². The zero-order valence-corrected chi connectivity index (χ0v) is 27.3. The maximum Gasteiger partial charge on any atom is 0.194 e. The van der Waals surface area contributed by atoms with Gasteiger partial charge in [-0.1, -0.05) is 188 Å². The summed E-state index contributed by atoms with van der Waals surface area (Å²) in [5.74, 6) is 0.170. The molecule has 50 heavy (non-hydrogen) atoms. The van der Waals surface area contributed by atoms with Gasteiger partial charge in [0.2, 0.25) is 0 Å². The lowest BCUT2D eigenvalue weighted by Crippen LogP contribution is -2.07. The standard InChI is InChI=1S/2C15H12O2.C15H12O/c2*16-13(11-7-3-1-4-8-11)15-14(17-15)12-9-5-2-6-10-12;16-15(14-9-5-2-6-10-14)12-11-13-7-3-1-4-8-13/h2*1-10,14-15H;1-12H/b;;12-11+/t2*14-,15-;/m10./s1. The Kier molecular flexibility index (Phi) is 11.4. The number of benzene rings is 6. The normalized spacial score (nSPS) is 18.4. The van der Waals surface area contributed by atoms with E-state index < -0.39 is 0 Å². The molecule has 6 aromatic rings. The van der Waals surface area contributed by atoms with Gasteiger partial charge in [0, 0.05) is 16.7 Å². The van der Waals surface area contributed by atoms with Gasteiger partial charge in [0.25, 0.3) is 0 Å². The first-order valence-electron chi connectivity index (χ1n) is 16.5. The highest BCUT2D eigenvalue weighted by Crippen LogP contribution is 2.41. The molecule has 0 radical (unpaired) electrons. The first-order valence-corrected chi connectivity index (χ1v) is 16.5. The van der Waals surface area contributed by atoms with Crippen LogP contribution in [-0.2, 0) is 9.47 Å². The van der Waals surface area contributed by atoms with Crippen LogP contribution in [0.25, 0.3) is 6.08 Å². The molecule has 0 aliphatic carbocycles. The highest BCUT2D eigenvalue weighted by atomic mass is 16.6. The Balaban J connectivity index is 0.000000130. The first-order chi connectivity index (χ1) is 24.6. The van der Waals surface area contributed by atoms with E-state index in [0.717, 1.165) is 33.4 Å². The van der Waals surface area contributed by atoms with Crippen LogP contribution in [0.4, 0.5) is 0 Å². The summed E-state index contributed by atoms with van der Waals surface area (Å²) in [6, 6.07) is 57.3. The molecule has 2 fully saturated rings. The molecule has 0 saturated carbocycles. The van der Waals surface area contributed by atoms with E-state index in [9.17, 15) is 14.4 Å². The highest BCUT2D eigenvalue weighted by molar-refractivity contribution is 6.06. The maximum atomic E-state index is 12.1. The summed E-state index contributed by atoms with van der Waals surface area (Å²) in [4.78, 5) is 35.9. The Labute approximate surface area is 292 Å². The van der Waals surface area contributed by atoms with Crippen molar-refractivity contribution in [1.82, 2.24) is 0 Å². The van der Waals surface area contributed by atoms with Gasteiger partial charge >= 0.3 is 0 Å². The highest BCUT2D eigenvalue weighted by Gasteiger charge is 2.46. The van der Waals surface area contributed by atoms with Crippen molar-refractivity contribution in [2.24, 2.45) is 0 Å². The van der Waals surface area contributed by atoms with Gasteiger partial charge in [-0.25, -0.2) is 0 Å². The quantitative estimate of drug-likeness (QED) is 0.0880. The van der Waals surface area contributed by atoms with Gasteiger partial charge < -0.3 is 9.47 Å². The predicted octanol–water partition coefficient (Wildman–Crippen LogP) is 9.60. The molecule has 246 valence electrons. The molecule has 0 spiro atoms. The third-order valence-electron chi connectivity index (χ3n) is 8.16. The Hall–Kier alpha value is -6.01. The van der Waals surface area contributed by atoms with Crippen LogP contribution < -0.4 is 0 Å². The second kappa shape index (κ2) is 16.9. The van der Waals surface area contributed by atoms with E-state index >= 15 is 0 Å². The summed E-state index contributed by atoms with van der Waals surface area (Å²) in [6.45, 7) is 0. The molecule has 0 aromatic heterocycles. The van der Waals surface area contributed by atoms with Crippen LogP contribution in [0.15, 0.2) is 188 Å². The van der Waals surface area contributed by atoms with Crippen LogP contribution in [0.5, 0.6) is 0 Å². The van der Waals surface area contributed by atoms with Gasteiger partial charge in [-0.3, -0.25) is 14.4 Å². The third-order valence-corrected chi connectivity index (χ3v) is 8.16. The third kappa shape index (κ3) is 9.32. The van der Waals surface area contributed by atoms with E-state index in [4.69, 9.17) is 9.47 Å². The average Bonchev–Trinajstić information content (AvgIpc) is 4.15. The van der Waals surface area contributed by atoms with Gasteiger partial charge in [-0.05, 0) is 22.8 Å². The van der Waals surface area contributed by atoms with E-state index in [-0.39, 0.29) is 41.8 Å². The molecule has 2 aliphatic heterocycles. The van der Waals surface area contributed by atoms with E-state index in [2.05, 4.69) is 0 Å². The molecule has 5 heteroatoms. The maximum absolute atomic E-state index is 12.1. The SMILES string of the molecule is O=C(/C=C/c1ccccc1)c1ccccc1.O=C(c1ccccc1)[C@@H]1O[C@H]1c1ccccc1.O=C(c1ccccc1)[C@H]1O[C@@H]1c1ccccc1. The summed E-state index contributed by atoms with van der Waals surface area (Å²) in [7, 11) is 0. The summed E-state index contributed by atoms with van der Waals surface area (Å²) in [5, 5.41) is 0. The topological polar surface area (TPSA) is 76.3 Å². The molecule has 6 aromatic carbocycles. The number of rotatable bonds is 9.